The van der Waals surface area contributed by atoms with Crippen molar-refractivity contribution >= 4 is 32.8 Å². The number of benzene rings is 1. The van der Waals surface area contributed by atoms with E-state index in [-0.39, 0.29) is 11.9 Å². The molecule has 0 spiro atoms. The van der Waals surface area contributed by atoms with Crippen molar-refractivity contribution in [2.75, 3.05) is 0 Å². The second-order valence-corrected chi connectivity index (χ2v) is 5.37. The molecular formula is C14H16BrNO2. The smallest absolute Gasteiger partial charge is 0.287 e. The van der Waals surface area contributed by atoms with Crippen LogP contribution in [0.2, 0.25) is 0 Å². The van der Waals surface area contributed by atoms with E-state index in [2.05, 4.69) is 28.2 Å². The molecule has 96 valence electrons. The average Bonchev–Trinajstić information content (AvgIpc) is 2.72. The summed E-state index contributed by atoms with van der Waals surface area (Å²) in [5.41, 5.74) is 0.728. The van der Waals surface area contributed by atoms with Crippen LogP contribution in [0.1, 0.15) is 37.2 Å². The second kappa shape index (κ2) is 5.57. The lowest BCUT2D eigenvalue weighted by Crippen LogP contribution is -2.32. The van der Waals surface area contributed by atoms with Crippen LogP contribution in [0.5, 0.6) is 0 Å². The number of fused-ring (bicyclic) bond motifs is 1. The Morgan fingerprint density at radius 3 is 2.94 bits per heavy atom. The fourth-order valence-corrected chi connectivity index (χ4v) is 2.31. The van der Waals surface area contributed by atoms with Crippen LogP contribution in [0.3, 0.4) is 0 Å². The zero-order valence-corrected chi connectivity index (χ0v) is 12.1. The van der Waals surface area contributed by atoms with E-state index in [1.807, 2.05) is 25.1 Å². The van der Waals surface area contributed by atoms with Gasteiger partial charge < -0.3 is 9.73 Å². The number of halogens is 1. The predicted octanol–water partition coefficient (Wildman–Crippen LogP) is 4.11. The van der Waals surface area contributed by atoms with Gasteiger partial charge in [0.15, 0.2) is 5.76 Å². The highest BCUT2D eigenvalue weighted by molar-refractivity contribution is 9.10. The number of furan rings is 1. The zero-order valence-electron chi connectivity index (χ0n) is 10.5. The molecule has 0 radical (unpaired) electrons. The van der Waals surface area contributed by atoms with Gasteiger partial charge in [0.25, 0.3) is 5.91 Å². The number of amides is 1. The van der Waals surface area contributed by atoms with E-state index in [1.165, 1.54) is 0 Å². The molecule has 2 aromatic rings. The highest BCUT2D eigenvalue weighted by Crippen LogP contribution is 2.23. The van der Waals surface area contributed by atoms with Gasteiger partial charge >= 0.3 is 0 Å². The second-order valence-electron chi connectivity index (χ2n) is 4.46. The van der Waals surface area contributed by atoms with Crippen LogP contribution < -0.4 is 5.32 Å². The number of carbonyl (C=O) groups excluding carboxylic acids is 1. The molecule has 1 aromatic carbocycles. The van der Waals surface area contributed by atoms with Crippen LogP contribution in [-0.2, 0) is 0 Å². The van der Waals surface area contributed by atoms with Gasteiger partial charge in [-0.1, -0.05) is 29.3 Å². The molecule has 0 saturated carbocycles. The summed E-state index contributed by atoms with van der Waals surface area (Å²) in [7, 11) is 0. The first-order valence-corrected chi connectivity index (χ1v) is 6.89. The Morgan fingerprint density at radius 1 is 1.44 bits per heavy atom. The maximum absolute atomic E-state index is 12.0. The fraction of sp³-hybridized carbons (Fsp3) is 0.357. The zero-order chi connectivity index (χ0) is 13.1. The van der Waals surface area contributed by atoms with Crippen molar-refractivity contribution in [3.63, 3.8) is 0 Å². The molecule has 1 N–H and O–H groups in total. The first-order valence-electron chi connectivity index (χ1n) is 6.10. The van der Waals surface area contributed by atoms with E-state index < -0.39 is 0 Å². The van der Waals surface area contributed by atoms with Gasteiger partial charge in [0.05, 0.1) is 0 Å². The molecule has 1 heterocycles. The first-order chi connectivity index (χ1) is 8.60. The van der Waals surface area contributed by atoms with Crippen LogP contribution in [0.4, 0.5) is 0 Å². The molecule has 3 nitrogen and oxygen atoms in total. The van der Waals surface area contributed by atoms with E-state index in [1.54, 1.807) is 6.07 Å². The standard InChI is InChI=1S/C14H16BrNO2/c1-3-4-9(2)16-14(17)13-8-10-7-11(15)5-6-12(10)18-13/h5-9H,3-4H2,1-2H3,(H,16,17). The van der Waals surface area contributed by atoms with Crippen LogP contribution in [-0.4, -0.2) is 11.9 Å². The molecule has 1 atom stereocenters. The third-order valence-electron chi connectivity index (χ3n) is 2.80. The summed E-state index contributed by atoms with van der Waals surface area (Å²) in [5, 5.41) is 3.86. The number of nitrogens with one attached hydrogen (secondary N) is 1. The Balaban J connectivity index is 2.18. The van der Waals surface area contributed by atoms with Crippen LogP contribution in [0, 0.1) is 0 Å². The van der Waals surface area contributed by atoms with Crippen molar-refractivity contribution < 1.29 is 9.21 Å². The molecule has 0 aliphatic heterocycles. The average molecular weight is 310 g/mol. The van der Waals surface area contributed by atoms with Crippen molar-refractivity contribution in [2.24, 2.45) is 0 Å². The minimum absolute atomic E-state index is 0.150. The van der Waals surface area contributed by atoms with Crippen molar-refractivity contribution in [1.29, 1.82) is 0 Å². The van der Waals surface area contributed by atoms with Gasteiger partial charge in [-0.25, -0.2) is 0 Å². The molecular weight excluding hydrogens is 294 g/mol. The van der Waals surface area contributed by atoms with E-state index in [4.69, 9.17) is 4.42 Å². The number of rotatable bonds is 4. The SMILES string of the molecule is CCCC(C)NC(=O)c1cc2cc(Br)ccc2o1. The number of hydrogen-bond acceptors (Lipinski definition) is 2. The molecule has 18 heavy (non-hydrogen) atoms. The summed E-state index contributed by atoms with van der Waals surface area (Å²) in [6.45, 7) is 4.10. The van der Waals surface area contributed by atoms with Crippen molar-refractivity contribution in [3.05, 3.63) is 34.5 Å². The molecule has 0 bridgehead atoms. The molecule has 0 fully saturated rings. The maximum Gasteiger partial charge on any atom is 0.287 e. The Morgan fingerprint density at radius 2 is 2.22 bits per heavy atom. The van der Waals surface area contributed by atoms with E-state index in [0.29, 0.717) is 5.76 Å². The Bertz CT molecular complexity index is 562. The first kappa shape index (κ1) is 13.1. The summed E-state index contributed by atoms with van der Waals surface area (Å²) in [6, 6.07) is 7.63. The van der Waals surface area contributed by atoms with Crippen LogP contribution in [0.15, 0.2) is 33.2 Å². The molecule has 4 heteroatoms. The predicted molar refractivity (Wildman–Crippen MR) is 75.8 cm³/mol. The molecule has 0 aliphatic rings. The number of hydrogen-bond donors (Lipinski definition) is 1. The summed E-state index contributed by atoms with van der Waals surface area (Å²) >= 11 is 3.40. The highest BCUT2D eigenvalue weighted by atomic mass is 79.9. The Kier molecular flexibility index (Phi) is 4.07. The van der Waals surface area contributed by atoms with Crippen LogP contribution in [0.25, 0.3) is 11.0 Å². The lowest BCUT2D eigenvalue weighted by Gasteiger charge is -2.10. The third kappa shape index (κ3) is 2.93. The number of carbonyl (C=O) groups is 1. The lowest BCUT2D eigenvalue weighted by atomic mass is 10.2. The summed E-state index contributed by atoms with van der Waals surface area (Å²) in [4.78, 5) is 12.0. The molecule has 2 rings (SSSR count). The van der Waals surface area contributed by atoms with Crippen molar-refractivity contribution in [3.8, 4) is 0 Å². The van der Waals surface area contributed by atoms with E-state index in [0.717, 1.165) is 28.3 Å². The minimum atomic E-state index is -0.150. The Hall–Kier alpha value is -1.29. The minimum Gasteiger partial charge on any atom is -0.451 e. The van der Waals surface area contributed by atoms with Gasteiger partial charge in [0.1, 0.15) is 5.58 Å². The van der Waals surface area contributed by atoms with Crippen molar-refractivity contribution in [2.45, 2.75) is 32.7 Å². The Labute approximate surface area is 115 Å². The molecule has 0 aliphatic carbocycles. The molecule has 1 aromatic heterocycles. The maximum atomic E-state index is 12.0. The topological polar surface area (TPSA) is 42.2 Å². The monoisotopic (exact) mass is 309 g/mol. The normalized spacial score (nSPS) is 12.6. The summed E-state index contributed by atoms with van der Waals surface area (Å²) in [6.07, 6.45) is 2.02. The fourth-order valence-electron chi connectivity index (χ4n) is 1.93. The van der Waals surface area contributed by atoms with Gasteiger partial charge in [0, 0.05) is 15.9 Å². The van der Waals surface area contributed by atoms with Crippen molar-refractivity contribution in [1.82, 2.24) is 5.32 Å². The molecule has 0 saturated heterocycles. The van der Waals surface area contributed by atoms with E-state index >= 15 is 0 Å². The highest BCUT2D eigenvalue weighted by Gasteiger charge is 2.14. The largest absolute Gasteiger partial charge is 0.451 e. The van der Waals surface area contributed by atoms with Gasteiger partial charge in [-0.3, -0.25) is 4.79 Å². The summed E-state index contributed by atoms with van der Waals surface area (Å²) < 4.78 is 6.51. The quantitative estimate of drug-likeness (QED) is 0.923. The van der Waals surface area contributed by atoms with Gasteiger partial charge in [0.2, 0.25) is 0 Å². The van der Waals surface area contributed by atoms with E-state index in [9.17, 15) is 4.79 Å². The molecule has 1 amide bonds. The lowest BCUT2D eigenvalue weighted by molar-refractivity contribution is 0.0912. The van der Waals surface area contributed by atoms with Gasteiger partial charge in [-0.2, -0.15) is 0 Å². The summed E-state index contributed by atoms with van der Waals surface area (Å²) in [5.74, 6) is 0.217. The van der Waals surface area contributed by atoms with Gasteiger partial charge in [-0.15, -0.1) is 0 Å². The van der Waals surface area contributed by atoms with Gasteiger partial charge in [-0.05, 0) is 37.6 Å². The van der Waals surface area contributed by atoms with Crippen LogP contribution >= 0.6 is 15.9 Å². The molecule has 1 unspecified atom stereocenters. The third-order valence-corrected chi connectivity index (χ3v) is 3.29.